The van der Waals surface area contributed by atoms with Crippen LogP contribution in [0, 0.1) is 16.6 Å². The maximum atomic E-state index is 8.45. The molecule has 0 heterocycles. The van der Waals surface area contributed by atoms with E-state index in [4.69, 9.17) is 5.26 Å². The largest absolute Gasteiger partial charge is 0.185 e. The lowest BCUT2D eigenvalue weighted by Gasteiger charge is -2.14. The quantitative estimate of drug-likeness (QED) is 0.606. The van der Waals surface area contributed by atoms with Crippen LogP contribution < -0.4 is 0 Å². The monoisotopic (exact) mass is 179 g/mol. The molecule has 0 N–H and O–H groups in total. The van der Waals surface area contributed by atoms with E-state index < -0.39 is 0 Å². The third-order valence-electron chi connectivity index (χ3n) is 2.06. The molecule has 1 nitrogen and oxygen atoms in total. The Bertz CT molecular complexity index is 256. The number of allylic oxidation sites excluding steroid dienone is 4. The molecular weight excluding hydrogens is 166 g/mol. The molecule has 0 fully saturated rings. The normalized spacial score (nSPS) is 16.8. The summed E-state index contributed by atoms with van der Waals surface area (Å²) in [6, 6.07) is 0. The first kappa shape index (κ1) is 9.41. The van der Waals surface area contributed by atoms with Crippen molar-refractivity contribution in [2.75, 3.05) is 0 Å². The van der Waals surface area contributed by atoms with Crippen LogP contribution >= 0.6 is 11.8 Å². The van der Waals surface area contributed by atoms with Gasteiger partial charge in [-0.1, -0.05) is 31.6 Å². The summed E-state index contributed by atoms with van der Waals surface area (Å²) in [5, 5.41) is 10.5. The molecule has 1 aliphatic rings. The fourth-order valence-corrected chi connectivity index (χ4v) is 1.72. The molecule has 0 saturated heterocycles. The zero-order valence-corrected chi connectivity index (χ0v) is 8.32. The molecule has 0 aliphatic heterocycles. The molecule has 0 aromatic carbocycles. The number of nitriles is 1. The highest BCUT2D eigenvalue weighted by Crippen LogP contribution is 2.29. The summed E-state index contributed by atoms with van der Waals surface area (Å²) >= 11 is 1.29. The first-order valence-electron chi connectivity index (χ1n) is 4.19. The molecule has 0 saturated carbocycles. The van der Waals surface area contributed by atoms with Crippen LogP contribution in [0.2, 0.25) is 0 Å². The molecule has 0 aromatic heterocycles. The van der Waals surface area contributed by atoms with E-state index in [2.05, 4.69) is 31.4 Å². The van der Waals surface area contributed by atoms with Crippen LogP contribution in [0.1, 0.15) is 26.7 Å². The summed E-state index contributed by atoms with van der Waals surface area (Å²) in [5.74, 6) is 0.648. The third kappa shape index (κ3) is 2.42. The molecule has 2 heteroatoms. The van der Waals surface area contributed by atoms with Gasteiger partial charge in [-0.2, -0.15) is 5.26 Å². The summed E-state index contributed by atoms with van der Waals surface area (Å²) in [5.41, 5.74) is 1.50. The minimum absolute atomic E-state index is 0.648. The van der Waals surface area contributed by atoms with Crippen LogP contribution in [-0.2, 0) is 0 Å². The van der Waals surface area contributed by atoms with Gasteiger partial charge in [0.05, 0.1) is 0 Å². The molecule has 64 valence electrons. The van der Waals surface area contributed by atoms with E-state index in [1.165, 1.54) is 22.2 Å². The van der Waals surface area contributed by atoms with E-state index in [1.54, 1.807) is 0 Å². The summed E-state index contributed by atoms with van der Waals surface area (Å²) in [7, 11) is 0. The Labute approximate surface area is 78.2 Å². The predicted octanol–water partition coefficient (Wildman–Crippen LogP) is 3.46. The molecule has 0 bridgehead atoms. The number of rotatable bonds is 2. The number of thioether (sulfide) groups is 1. The van der Waals surface area contributed by atoms with Crippen molar-refractivity contribution in [1.29, 1.82) is 5.26 Å². The molecule has 0 radical (unpaired) electrons. The van der Waals surface area contributed by atoms with Crippen LogP contribution in [0.15, 0.2) is 22.6 Å². The van der Waals surface area contributed by atoms with E-state index in [9.17, 15) is 0 Å². The lowest BCUT2D eigenvalue weighted by atomic mass is 9.95. The minimum Gasteiger partial charge on any atom is -0.185 e. The Morgan fingerprint density at radius 3 is 2.58 bits per heavy atom. The molecule has 12 heavy (non-hydrogen) atoms. The molecule has 0 amide bonds. The second-order valence-electron chi connectivity index (χ2n) is 3.22. The summed E-state index contributed by atoms with van der Waals surface area (Å²) < 4.78 is 0. The van der Waals surface area contributed by atoms with Gasteiger partial charge in [-0.15, -0.1) is 0 Å². The Morgan fingerprint density at radius 2 is 2.17 bits per heavy atom. The van der Waals surface area contributed by atoms with Crippen LogP contribution in [-0.4, -0.2) is 0 Å². The van der Waals surface area contributed by atoms with Gasteiger partial charge in [-0.25, -0.2) is 0 Å². The van der Waals surface area contributed by atoms with Gasteiger partial charge in [-0.3, -0.25) is 0 Å². The van der Waals surface area contributed by atoms with Crippen LogP contribution in [0.3, 0.4) is 0 Å². The van der Waals surface area contributed by atoms with Crippen molar-refractivity contribution in [3.8, 4) is 5.40 Å². The maximum Gasteiger partial charge on any atom is 0.138 e. The summed E-state index contributed by atoms with van der Waals surface area (Å²) in [4.78, 5) is 1.20. The SMILES string of the molecule is CC(C)C1=CC=C(SC#N)CC1. The van der Waals surface area contributed by atoms with E-state index >= 15 is 0 Å². The van der Waals surface area contributed by atoms with Crippen molar-refractivity contribution in [1.82, 2.24) is 0 Å². The molecular formula is C10H13NS. The second kappa shape index (κ2) is 4.37. The molecule has 1 aliphatic carbocycles. The number of hydrogen-bond donors (Lipinski definition) is 0. The second-order valence-corrected chi connectivity index (χ2v) is 4.13. The molecule has 0 unspecified atom stereocenters. The lowest BCUT2D eigenvalue weighted by molar-refractivity contribution is 0.707. The van der Waals surface area contributed by atoms with E-state index in [0.717, 1.165) is 12.8 Å². The van der Waals surface area contributed by atoms with Crippen molar-refractivity contribution in [2.24, 2.45) is 5.92 Å². The first-order chi connectivity index (χ1) is 5.74. The fourth-order valence-electron chi connectivity index (χ4n) is 1.26. The highest BCUT2D eigenvalue weighted by molar-refractivity contribution is 8.07. The lowest BCUT2D eigenvalue weighted by Crippen LogP contribution is -1.97. The van der Waals surface area contributed by atoms with Gasteiger partial charge in [0.2, 0.25) is 0 Å². The highest BCUT2D eigenvalue weighted by Gasteiger charge is 2.08. The Hall–Kier alpha value is -0.680. The zero-order valence-electron chi connectivity index (χ0n) is 7.50. The fraction of sp³-hybridized carbons (Fsp3) is 0.500. The van der Waals surface area contributed by atoms with Gasteiger partial charge in [0.1, 0.15) is 5.40 Å². The molecule has 1 rings (SSSR count). The topological polar surface area (TPSA) is 23.8 Å². The molecule has 0 spiro atoms. The van der Waals surface area contributed by atoms with E-state index in [0.29, 0.717) is 5.92 Å². The molecule has 0 atom stereocenters. The van der Waals surface area contributed by atoms with Crippen LogP contribution in [0.25, 0.3) is 0 Å². The van der Waals surface area contributed by atoms with Gasteiger partial charge < -0.3 is 0 Å². The number of nitrogens with zero attached hydrogens (tertiary/aromatic N) is 1. The predicted molar refractivity (Wildman–Crippen MR) is 53.4 cm³/mol. The number of hydrogen-bond acceptors (Lipinski definition) is 2. The van der Waals surface area contributed by atoms with Crippen molar-refractivity contribution in [2.45, 2.75) is 26.7 Å². The van der Waals surface area contributed by atoms with Crippen LogP contribution in [0.5, 0.6) is 0 Å². The van der Waals surface area contributed by atoms with Gasteiger partial charge in [0, 0.05) is 4.91 Å². The minimum atomic E-state index is 0.648. The Morgan fingerprint density at radius 1 is 1.42 bits per heavy atom. The maximum absolute atomic E-state index is 8.45. The smallest absolute Gasteiger partial charge is 0.138 e. The van der Waals surface area contributed by atoms with E-state index in [-0.39, 0.29) is 0 Å². The zero-order chi connectivity index (χ0) is 8.97. The first-order valence-corrected chi connectivity index (χ1v) is 5.01. The van der Waals surface area contributed by atoms with Gasteiger partial charge in [0.15, 0.2) is 0 Å². The third-order valence-corrected chi connectivity index (χ3v) is 2.76. The average molecular weight is 179 g/mol. The van der Waals surface area contributed by atoms with Crippen molar-refractivity contribution >= 4 is 11.8 Å². The molecule has 0 aromatic rings. The Kier molecular flexibility index (Phi) is 3.43. The van der Waals surface area contributed by atoms with Gasteiger partial charge >= 0.3 is 0 Å². The van der Waals surface area contributed by atoms with E-state index in [1.807, 2.05) is 0 Å². The van der Waals surface area contributed by atoms with Crippen molar-refractivity contribution < 1.29 is 0 Å². The van der Waals surface area contributed by atoms with Crippen molar-refractivity contribution in [3.63, 3.8) is 0 Å². The van der Waals surface area contributed by atoms with Crippen LogP contribution in [0.4, 0.5) is 0 Å². The summed E-state index contributed by atoms with van der Waals surface area (Å²) in [6.45, 7) is 4.42. The highest BCUT2D eigenvalue weighted by atomic mass is 32.2. The average Bonchev–Trinajstić information content (AvgIpc) is 2.06. The Balaban J connectivity index is 2.61. The summed E-state index contributed by atoms with van der Waals surface area (Å²) in [6.07, 6.45) is 6.40. The van der Waals surface area contributed by atoms with Gasteiger partial charge in [0.25, 0.3) is 0 Å². The van der Waals surface area contributed by atoms with Crippen molar-refractivity contribution in [3.05, 3.63) is 22.6 Å². The number of thiocyanates is 1. The standard InChI is InChI=1S/C10H13NS/c1-8(2)9-3-5-10(6-4-9)12-7-11/h3,5,8H,4,6H2,1-2H3. The van der Waals surface area contributed by atoms with Gasteiger partial charge in [-0.05, 0) is 30.5 Å².